The van der Waals surface area contributed by atoms with Crippen molar-refractivity contribution in [3.05, 3.63) is 23.3 Å². The van der Waals surface area contributed by atoms with Gasteiger partial charge in [0.2, 0.25) is 5.95 Å². The molecule has 1 fully saturated rings. The summed E-state index contributed by atoms with van der Waals surface area (Å²) in [6.07, 6.45) is 3.09. The predicted molar refractivity (Wildman–Crippen MR) is 63.0 cm³/mol. The number of rotatable bonds is 2. The van der Waals surface area contributed by atoms with Crippen molar-refractivity contribution in [1.82, 2.24) is 14.6 Å². The SMILES string of the molecule is CC1CC1Cc1c(C#N)c(F)c2cnc(N)nn12. The Morgan fingerprint density at radius 2 is 2.39 bits per heavy atom. The smallest absolute Gasteiger partial charge is 0.238 e. The first kappa shape index (κ1) is 11.0. The lowest BCUT2D eigenvalue weighted by Gasteiger charge is -2.01. The van der Waals surface area contributed by atoms with Gasteiger partial charge in [-0.1, -0.05) is 6.92 Å². The Bertz CT molecular complexity index is 669. The Kier molecular flexibility index (Phi) is 2.23. The molecule has 0 radical (unpaired) electrons. The zero-order chi connectivity index (χ0) is 12.9. The number of halogens is 1. The minimum atomic E-state index is -0.555. The van der Waals surface area contributed by atoms with Crippen LogP contribution < -0.4 is 5.73 Å². The topological polar surface area (TPSA) is 80.0 Å². The van der Waals surface area contributed by atoms with E-state index in [4.69, 9.17) is 11.0 Å². The highest BCUT2D eigenvalue weighted by atomic mass is 19.1. The second-order valence-corrected chi connectivity index (χ2v) is 4.84. The maximum atomic E-state index is 14.0. The summed E-state index contributed by atoms with van der Waals surface area (Å²) in [4.78, 5) is 3.76. The molecule has 92 valence electrons. The summed E-state index contributed by atoms with van der Waals surface area (Å²) in [5.74, 6) is 0.656. The van der Waals surface area contributed by atoms with E-state index in [1.807, 2.05) is 6.07 Å². The Labute approximate surface area is 103 Å². The number of anilines is 1. The molecule has 2 N–H and O–H groups in total. The second kappa shape index (κ2) is 3.67. The Morgan fingerprint density at radius 1 is 1.67 bits per heavy atom. The van der Waals surface area contributed by atoms with Crippen LogP contribution in [0.15, 0.2) is 6.20 Å². The van der Waals surface area contributed by atoms with Crippen molar-refractivity contribution in [3.8, 4) is 6.07 Å². The molecule has 2 atom stereocenters. The highest BCUT2D eigenvalue weighted by molar-refractivity contribution is 5.57. The standard InChI is InChI=1S/C12H12FN5/c1-6-2-7(6)3-9-8(4-14)11(13)10-5-16-12(15)17-18(9)10/h5-7H,2-3H2,1H3,(H2,15,17). The van der Waals surface area contributed by atoms with E-state index in [1.54, 1.807) is 0 Å². The first-order valence-corrected chi connectivity index (χ1v) is 5.83. The maximum absolute atomic E-state index is 14.0. The van der Waals surface area contributed by atoms with E-state index in [0.29, 0.717) is 24.0 Å². The highest BCUT2D eigenvalue weighted by Gasteiger charge is 2.35. The van der Waals surface area contributed by atoms with E-state index < -0.39 is 5.82 Å². The molecule has 0 saturated heterocycles. The molecular formula is C12H12FN5. The van der Waals surface area contributed by atoms with Gasteiger partial charge in [0.1, 0.15) is 17.1 Å². The second-order valence-electron chi connectivity index (χ2n) is 4.84. The molecule has 18 heavy (non-hydrogen) atoms. The highest BCUT2D eigenvalue weighted by Crippen LogP contribution is 2.41. The fourth-order valence-electron chi connectivity index (χ4n) is 2.31. The zero-order valence-electron chi connectivity index (χ0n) is 9.89. The summed E-state index contributed by atoms with van der Waals surface area (Å²) in [5.41, 5.74) is 6.40. The average Bonchev–Trinajstić information content (AvgIpc) is 2.97. The van der Waals surface area contributed by atoms with Gasteiger partial charge < -0.3 is 5.73 Å². The van der Waals surface area contributed by atoms with Gasteiger partial charge in [-0.2, -0.15) is 5.26 Å². The van der Waals surface area contributed by atoms with Crippen LogP contribution in [0.1, 0.15) is 24.6 Å². The molecule has 2 heterocycles. The van der Waals surface area contributed by atoms with E-state index in [2.05, 4.69) is 17.0 Å². The van der Waals surface area contributed by atoms with Crippen LogP contribution in [0.2, 0.25) is 0 Å². The van der Waals surface area contributed by atoms with E-state index in [1.165, 1.54) is 10.7 Å². The molecule has 5 nitrogen and oxygen atoms in total. The third-order valence-corrected chi connectivity index (χ3v) is 3.58. The quantitative estimate of drug-likeness (QED) is 0.869. The normalized spacial score (nSPS) is 22.1. The van der Waals surface area contributed by atoms with Crippen molar-refractivity contribution < 1.29 is 4.39 Å². The summed E-state index contributed by atoms with van der Waals surface area (Å²) >= 11 is 0. The fraction of sp³-hybridized carbons (Fsp3) is 0.417. The van der Waals surface area contributed by atoms with Gasteiger partial charge in [0.05, 0.1) is 11.9 Å². The lowest BCUT2D eigenvalue weighted by atomic mass is 10.1. The number of hydrogen-bond donors (Lipinski definition) is 1. The van der Waals surface area contributed by atoms with Crippen LogP contribution in [0.3, 0.4) is 0 Å². The lowest BCUT2D eigenvalue weighted by molar-refractivity contribution is 0.634. The summed E-state index contributed by atoms with van der Waals surface area (Å²) in [5, 5.41) is 13.1. The predicted octanol–water partition coefficient (Wildman–Crippen LogP) is 1.52. The zero-order valence-corrected chi connectivity index (χ0v) is 9.89. The van der Waals surface area contributed by atoms with E-state index >= 15 is 0 Å². The fourth-order valence-corrected chi connectivity index (χ4v) is 2.31. The van der Waals surface area contributed by atoms with Gasteiger partial charge in [0.25, 0.3) is 0 Å². The van der Waals surface area contributed by atoms with Crippen molar-refractivity contribution in [2.75, 3.05) is 5.73 Å². The largest absolute Gasteiger partial charge is 0.367 e. The monoisotopic (exact) mass is 245 g/mol. The van der Waals surface area contributed by atoms with Crippen molar-refractivity contribution in [3.63, 3.8) is 0 Å². The van der Waals surface area contributed by atoms with E-state index in [9.17, 15) is 4.39 Å². The molecule has 1 saturated carbocycles. The number of fused-ring (bicyclic) bond motifs is 1. The molecule has 0 bridgehead atoms. The minimum absolute atomic E-state index is 0.0639. The van der Waals surface area contributed by atoms with Crippen LogP contribution in [0.5, 0.6) is 0 Å². The number of nitrogens with zero attached hydrogens (tertiary/aromatic N) is 4. The van der Waals surface area contributed by atoms with E-state index in [0.717, 1.165) is 6.42 Å². The Hall–Kier alpha value is -2.16. The third kappa shape index (κ3) is 1.51. The first-order chi connectivity index (χ1) is 8.61. The van der Waals surface area contributed by atoms with E-state index in [-0.39, 0.29) is 17.0 Å². The average molecular weight is 245 g/mol. The molecule has 0 aromatic carbocycles. The number of hydrogen-bond acceptors (Lipinski definition) is 4. The Morgan fingerprint density at radius 3 is 3.00 bits per heavy atom. The van der Waals surface area contributed by atoms with Gasteiger partial charge in [0.15, 0.2) is 5.82 Å². The molecule has 2 aromatic heterocycles. The molecular weight excluding hydrogens is 233 g/mol. The molecule has 0 aliphatic heterocycles. The van der Waals surface area contributed by atoms with Gasteiger partial charge in [-0.05, 0) is 24.7 Å². The molecule has 0 spiro atoms. The number of nitrogen functional groups attached to an aromatic ring is 1. The molecule has 1 aliphatic carbocycles. The van der Waals surface area contributed by atoms with Crippen LogP contribution in [-0.4, -0.2) is 14.6 Å². The van der Waals surface area contributed by atoms with Crippen molar-refractivity contribution in [2.45, 2.75) is 19.8 Å². The Balaban J connectivity index is 2.20. The minimum Gasteiger partial charge on any atom is -0.367 e. The van der Waals surface area contributed by atoms with Gasteiger partial charge in [-0.3, -0.25) is 0 Å². The maximum Gasteiger partial charge on any atom is 0.238 e. The van der Waals surface area contributed by atoms with Gasteiger partial charge in [-0.15, -0.1) is 5.10 Å². The molecule has 2 aromatic rings. The molecule has 2 unspecified atom stereocenters. The van der Waals surface area contributed by atoms with Crippen molar-refractivity contribution in [1.29, 1.82) is 5.26 Å². The third-order valence-electron chi connectivity index (χ3n) is 3.58. The van der Waals surface area contributed by atoms with Gasteiger partial charge in [-0.25, -0.2) is 13.9 Å². The molecule has 1 aliphatic rings. The van der Waals surface area contributed by atoms with Crippen LogP contribution in [-0.2, 0) is 6.42 Å². The van der Waals surface area contributed by atoms with Crippen molar-refractivity contribution in [2.24, 2.45) is 11.8 Å². The van der Waals surface area contributed by atoms with Crippen LogP contribution >= 0.6 is 0 Å². The first-order valence-electron chi connectivity index (χ1n) is 5.83. The number of nitrogens with two attached hydrogens (primary N) is 1. The summed E-state index contributed by atoms with van der Waals surface area (Å²) in [6, 6.07) is 1.92. The van der Waals surface area contributed by atoms with Crippen LogP contribution in [0, 0.1) is 29.0 Å². The summed E-state index contributed by atoms with van der Waals surface area (Å²) in [7, 11) is 0. The number of nitriles is 1. The molecule has 0 amide bonds. The van der Waals surface area contributed by atoms with Crippen molar-refractivity contribution >= 4 is 11.5 Å². The van der Waals surface area contributed by atoms with Gasteiger partial charge >= 0.3 is 0 Å². The van der Waals surface area contributed by atoms with Gasteiger partial charge in [0, 0.05) is 0 Å². The summed E-state index contributed by atoms with van der Waals surface area (Å²) < 4.78 is 15.4. The molecule has 6 heteroatoms. The molecule has 3 rings (SSSR count). The lowest BCUT2D eigenvalue weighted by Crippen LogP contribution is -2.05. The van der Waals surface area contributed by atoms with Crippen LogP contribution in [0.4, 0.5) is 10.3 Å². The number of aromatic nitrogens is 3. The van der Waals surface area contributed by atoms with Crippen LogP contribution in [0.25, 0.3) is 5.52 Å². The summed E-state index contributed by atoms with van der Waals surface area (Å²) in [6.45, 7) is 2.15.